The third-order valence-corrected chi connectivity index (χ3v) is 0.977. The summed E-state index contributed by atoms with van der Waals surface area (Å²) in [6.45, 7) is 1.29. The van der Waals surface area contributed by atoms with Crippen molar-refractivity contribution in [2.75, 3.05) is 6.54 Å². The molecular weight excluding hydrogens is 145 g/mol. The van der Waals surface area contributed by atoms with Gasteiger partial charge in [-0.2, -0.15) is 0 Å². The van der Waals surface area contributed by atoms with E-state index in [-0.39, 0.29) is 26.8 Å². The molecule has 5 nitrogen and oxygen atoms in total. The Balaban J connectivity index is -0.000000405. The smallest absolute Gasteiger partial charge is 1.00 e. The third kappa shape index (κ3) is 7.85. The Morgan fingerprint density at radius 1 is 1.64 bits per heavy atom. The number of nitrogens with one attached hydrogen (secondary N) is 1. The van der Waals surface area contributed by atoms with Crippen molar-refractivity contribution in [3.63, 3.8) is 0 Å². The van der Waals surface area contributed by atoms with E-state index < -0.39 is 18.3 Å². The van der Waals surface area contributed by atoms with Gasteiger partial charge in [-0.1, -0.05) is 0 Å². The molecule has 0 bridgehead atoms. The summed E-state index contributed by atoms with van der Waals surface area (Å²) in [7, 11) is 0. The van der Waals surface area contributed by atoms with Crippen LogP contribution in [0.3, 0.4) is 0 Å². The summed E-state index contributed by atoms with van der Waals surface area (Å²) in [5, 5.41) is 27.2. The molecule has 6 heteroatoms. The van der Waals surface area contributed by atoms with Crippen LogP contribution in [0.2, 0.25) is 0 Å². The Morgan fingerprint density at radius 2 is 2.09 bits per heavy atom. The molecule has 0 amide bonds. The molecule has 0 aliphatic heterocycles. The molecule has 1 atom stereocenters. The molecule has 0 spiro atoms. The van der Waals surface area contributed by atoms with Gasteiger partial charge in [0.25, 0.3) is 0 Å². The van der Waals surface area contributed by atoms with Gasteiger partial charge < -0.3 is 16.7 Å². The Hall–Kier alpha value is -0.0526. The first-order valence-corrected chi connectivity index (χ1v) is 2.86. The average Bonchev–Trinajstić information content (AvgIpc) is 1.82. The van der Waals surface area contributed by atoms with Crippen LogP contribution in [-0.4, -0.2) is 40.2 Å². The minimum atomic E-state index is -1.50. The molecule has 0 aromatic rings. The number of aliphatic hydroxyl groups is 2. The van der Waals surface area contributed by atoms with Gasteiger partial charge in [-0.25, -0.2) is 0 Å². The van der Waals surface area contributed by atoms with E-state index in [2.05, 4.69) is 5.32 Å². The van der Waals surface area contributed by atoms with Gasteiger partial charge >= 0.3 is 24.8 Å². The first-order chi connectivity index (χ1) is 4.54. The second-order valence-corrected chi connectivity index (χ2v) is 1.95. The van der Waals surface area contributed by atoms with Crippen molar-refractivity contribution in [2.24, 2.45) is 0 Å². The SMILES string of the molecule is CC(NCC(O)O)C(=O)O.[H-].[Li+]. The maximum Gasteiger partial charge on any atom is 1.00 e. The van der Waals surface area contributed by atoms with Crippen LogP contribution in [0.4, 0.5) is 0 Å². The van der Waals surface area contributed by atoms with E-state index in [0.717, 1.165) is 0 Å². The van der Waals surface area contributed by atoms with Crippen molar-refractivity contribution in [3.8, 4) is 0 Å². The Bertz CT molecular complexity index is 124. The summed E-state index contributed by atoms with van der Waals surface area (Å²) < 4.78 is 0. The molecular formula is C5H12LiNO4. The third-order valence-electron chi connectivity index (χ3n) is 0.977. The Labute approximate surface area is 78.1 Å². The monoisotopic (exact) mass is 157 g/mol. The molecule has 0 radical (unpaired) electrons. The molecule has 0 aromatic heterocycles. The molecule has 11 heavy (non-hydrogen) atoms. The van der Waals surface area contributed by atoms with E-state index in [1.54, 1.807) is 0 Å². The van der Waals surface area contributed by atoms with Gasteiger partial charge in [-0.15, -0.1) is 0 Å². The van der Waals surface area contributed by atoms with Crippen LogP contribution in [0.25, 0.3) is 0 Å². The van der Waals surface area contributed by atoms with Crippen molar-refractivity contribution >= 4 is 5.97 Å². The van der Waals surface area contributed by atoms with Crippen LogP contribution in [0, 0.1) is 0 Å². The van der Waals surface area contributed by atoms with Gasteiger partial charge in [0, 0.05) is 6.54 Å². The fraction of sp³-hybridized carbons (Fsp3) is 0.800. The van der Waals surface area contributed by atoms with Crippen molar-refractivity contribution < 1.29 is 40.4 Å². The fourth-order valence-electron chi connectivity index (χ4n) is 0.369. The Kier molecular flexibility index (Phi) is 8.17. The predicted molar refractivity (Wildman–Crippen MR) is 34.4 cm³/mol. The van der Waals surface area contributed by atoms with Gasteiger partial charge in [0.2, 0.25) is 0 Å². The molecule has 1 unspecified atom stereocenters. The van der Waals surface area contributed by atoms with Crippen LogP contribution in [-0.2, 0) is 4.79 Å². The van der Waals surface area contributed by atoms with E-state index in [1.807, 2.05) is 0 Å². The Morgan fingerprint density at radius 3 is 2.36 bits per heavy atom. The number of aliphatic hydroxyl groups excluding tert-OH is 1. The minimum Gasteiger partial charge on any atom is -1.00 e. The maximum atomic E-state index is 10.1. The molecule has 0 aliphatic rings. The van der Waals surface area contributed by atoms with Gasteiger partial charge in [-0.05, 0) is 6.92 Å². The number of carbonyl (C=O) groups is 1. The number of rotatable bonds is 4. The number of carboxylic acids is 1. The quantitative estimate of drug-likeness (QED) is 0.244. The summed E-state index contributed by atoms with van der Waals surface area (Å²) in [6, 6.07) is -0.748. The topological polar surface area (TPSA) is 89.8 Å². The van der Waals surface area contributed by atoms with Crippen LogP contribution >= 0.6 is 0 Å². The number of hydrogen-bond donors (Lipinski definition) is 4. The summed E-state index contributed by atoms with van der Waals surface area (Å²) in [5.41, 5.74) is 0. The summed E-state index contributed by atoms with van der Waals surface area (Å²) in [6.07, 6.45) is -1.50. The number of hydrogen-bond acceptors (Lipinski definition) is 4. The van der Waals surface area contributed by atoms with Crippen LogP contribution in [0.15, 0.2) is 0 Å². The van der Waals surface area contributed by atoms with E-state index in [1.165, 1.54) is 6.92 Å². The maximum absolute atomic E-state index is 10.1. The molecule has 4 N–H and O–H groups in total. The van der Waals surface area contributed by atoms with E-state index in [0.29, 0.717) is 0 Å². The zero-order valence-electron chi connectivity index (χ0n) is 7.61. The first kappa shape index (κ1) is 13.5. The minimum absolute atomic E-state index is 0. The van der Waals surface area contributed by atoms with Gasteiger partial charge in [0.1, 0.15) is 6.04 Å². The van der Waals surface area contributed by atoms with Crippen molar-refractivity contribution in [3.05, 3.63) is 0 Å². The van der Waals surface area contributed by atoms with Crippen LogP contribution in [0.1, 0.15) is 8.35 Å². The molecule has 0 saturated heterocycles. The molecule has 62 valence electrons. The summed E-state index contributed by atoms with van der Waals surface area (Å²) >= 11 is 0. The summed E-state index contributed by atoms with van der Waals surface area (Å²) in [4.78, 5) is 10.1. The van der Waals surface area contributed by atoms with Crippen molar-refractivity contribution in [1.82, 2.24) is 5.32 Å². The van der Waals surface area contributed by atoms with E-state index in [4.69, 9.17) is 15.3 Å². The predicted octanol–water partition coefficient (Wildman–Crippen LogP) is -4.52. The normalized spacial score (nSPS) is 12.4. The van der Waals surface area contributed by atoms with Gasteiger partial charge in [-0.3, -0.25) is 10.1 Å². The van der Waals surface area contributed by atoms with E-state index in [9.17, 15) is 4.79 Å². The second-order valence-electron chi connectivity index (χ2n) is 1.95. The molecule has 0 rings (SSSR count). The average molecular weight is 157 g/mol. The van der Waals surface area contributed by atoms with Crippen molar-refractivity contribution in [2.45, 2.75) is 19.3 Å². The van der Waals surface area contributed by atoms with Crippen LogP contribution in [0.5, 0.6) is 0 Å². The zero-order chi connectivity index (χ0) is 8.15. The molecule has 0 saturated carbocycles. The first-order valence-electron chi connectivity index (χ1n) is 2.86. The van der Waals surface area contributed by atoms with Gasteiger partial charge in [0.05, 0.1) is 0 Å². The second kappa shape index (κ2) is 6.64. The zero-order valence-corrected chi connectivity index (χ0v) is 6.61. The van der Waals surface area contributed by atoms with Gasteiger partial charge in [0.15, 0.2) is 6.29 Å². The number of carboxylic acid groups (broad SMARTS) is 1. The fourth-order valence-corrected chi connectivity index (χ4v) is 0.369. The summed E-state index contributed by atoms with van der Waals surface area (Å²) in [5.74, 6) is -1.01. The van der Waals surface area contributed by atoms with Crippen molar-refractivity contribution in [1.29, 1.82) is 0 Å². The largest absolute Gasteiger partial charge is 1.00 e. The van der Waals surface area contributed by atoms with E-state index >= 15 is 0 Å². The molecule has 0 aromatic carbocycles. The standard InChI is InChI=1S/C5H11NO4.Li.H/c1-3(5(9)10)6-2-4(7)8;;/h3-4,6-8H,2H2,1H3,(H,9,10);;/q;+1;-1. The molecule has 0 aliphatic carbocycles. The molecule has 0 fully saturated rings. The van der Waals surface area contributed by atoms with Crippen LogP contribution < -0.4 is 24.2 Å². The number of aliphatic carboxylic acids is 1. The molecule has 0 heterocycles.